The summed E-state index contributed by atoms with van der Waals surface area (Å²) in [4.78, 5) is 14.7. The molecule has 0 N–H and O–H groups in total. The van der Waals surface area contributed by atoms with E-state index in [0.29, 0.717) is 0 Å². The topological polar surface area (TPSA) is 48.4 Å². The number of methoxy groups -OCH3 is 1. The zero-order valence-electron chi connectivity index (χ0n) is 11.1. The number of ether oxygens (including phenoxy) is 2. The maximum Gasteiger partial charge on any atom is 0.573 e. The summed E-state index contributed by atoms with van der Waals surface area (Å²) in [6, 6.07) is 7.14. The molecule has 2 rings (SSSR count). The number of rotatable bonds is 3. The molecule has 1 heterocycles. The Labute approximate surface area is 122 Å². The smallest absolute Gasteiger partial charge is 0.464 e. The quantitative estimate of drug-likeness (QED) is 0.493. The van der Waals surface area contributed by atoms with Crippen molar-refractivity contribution >= 4 is 5.97 Å². The number of benzene rings is 1. The maximum absolute atomic E-state index is 13.9. The lowest BCUT2D eigenvalue weighted by molar-refractivity contribution is -0.274. The van der Waals surface area contributed by atoms with Gasteiger partial charge in [0.25, 0.3) is 0 Å². The van der Waals surface area contributed by atoms with Gasteiger partial charge in [0, 0.05) is 5.56 Å². The number of halogens is 4. The molecule has 0 saturated heterocycles. The van der Waals surface area contributed by atoms with E-state index < -0.39 is 24.0 Å². The molecule has 2 aromatic rings. The fourth-order valence-corrected chi connectivity index (χ4v) is 1.70. The highest BCUT2D eigenvalue weighted by atomic mass is 19.4. The zero-order valence-corrected chi connectivity index (χ0v) is 11.1. The van der Waals surface area contributed by atoms with E-state index in [1.54, 1.807) is 0 Å². The number of esters is 1. The Bertz CT molecular complexity index is 683. The lowest BCUT2D eigenvalue weighted by atomic mass is 10.1. The molecule has 1 aromatic carbocycles. The van der Waals surface area contributed by atoms with E-state index >= 15 is 0 Å². The number of aromatic nitrogens is 1. The van der Waals surface area contributed by atoms with E-state index in [1.807, 2.05) is 0 Å². The van der Waals surface area contributed by atoms with E-state index in [-0.39, 0.29) is 16.8 Å². The summed E-state index contributed by atoms with van der Waals surface area (Å²) in [5.74, 6) is -2.15. The fraction of sp³-hybridized carbons (Fsp3) is 0.143. The molecule has 0 aliphatic heterocycles. The van der Waals surface area contributed by atoms with E-state index in [9.17, 15) is 22.4 Å². The molecule has 0 amide bonds. The SMILES string of the molecule is COC(=O)c1ccc(-c2ccc(OC(F)(F)F)cc2)c(F)n1. The first-order chi connectivity index (χ1) is 10.3. The van der Waals surface area contributed by atoms with Gasteiger partial charge in [0.05, 0.1) is 7.11 Å². The van der Waals surface area contributed by atoms with Crippen LogP contribution >= 0.6 is 0 Å². The molecule has 8 heteroatoms. The van der Waals surface area contributed by atoms with Crippen LogP contribution in [-0.4, -0.2) is 24.4 Å². The van der Waals surface area contributed by atoms with Gasteiger partial charge in [0.2, 0.25) is 5.95 Å². The number of pyridine rings is 1. The average molecular weight is 315 g/mol. The zero-order chi connectivity index (χ0) is 16.3. The third-order valence-corrected chi connectivity index (χ3v) is 2.64. The second-order valence-electron chi connectivity index (χ2n) is 4.10. The largest absolute Gasteiger partial charge is 0.573 e. The highest BCUT2D eigenvalue weighted by Crippen LogP contribution is 2.27. The number of carbonyl (C=O) groups excluding carboxylic acids is 1. The van der Waals surface area contributed by atoms with Crippen molar-refractivity contribution in [2.45, 2.75) is 6.36 Å². The molecule has 0 saturated carbocycles. The van der Waals surface area contributed by atoms with E-state index in [1.165, 1.54) is 24.3 Å². The number of carbonyl (C=O) groups is 1. The summed E-state index contributed by atoms with van der Waals surface area (Å²) in [6.07, 6.45) is -4.80. The molecule has 0 atom stereocenters. The Balaban J connectivity index is 2.27. The maximum atomic E-state index is 13.9. The van der Waals surface area contributed by atoms with Crippen molar-refractivity contribution in [3.8, 4) is 16.9 Å². The molecule has 0 unspecified atom stereocenters. The number of nitrogens with zero attached hydrogens (tertiary/aromatic N) is 1. The van der Waals surface area contributed by atoms with Crippen LogP contribution in [0.3, 0.4) is 0 Å². The summed E-state index contributed by atoms with van der Waals surface area (Å²) in [7, 11) is 1.13. The lowest BCUT2D eigenvalue weighted by Gasteiger charge is -2.09. The van der Waals surface area contributed by atoms with Crippen LogP contribution in [0.25, 0.3) is 11.1 Å². The van der Waals surface area contributed by atoms with Crippen molar-refractivity contribution in [2.24, 2.45) is 0 Å². The Morgan fingerprint density at radius 1 is 1.09 bits per heavy atom. The third-order valence-electron chi connectivity index (χ3n) is 2.64. The van der Waals surface area contributed by atoms with Crippen LogP contribution in [0.4, 0.5) is 17.6 Å². The Morgan fingerprint density at radius 2 is 1.73 bits per heavy atom. The summed E-state index contributed by atoms with van der Waals surface area (Å²) in [5, 5.41) is 0. The van der Waals surface area contributed by atoms with E-state index in [4.69, 9.17) is 0 Å². The Hall–Kier alpha value is -2.64. The Kier molecular flexibility index (Phi) is 4.30. The normalized spacial score (nSPS) is 11.1. The van der Waals surface area contributed by atoms with Gasteiger partial charge in [-0.15, -0.1) is 13.2 Å². The van der Waals surface area contributed by atoms with Gasteiger partial charge in [-0.25, -0.2) is 9.78 Å². The van der Waals surface area contributed by atoms with Crippen molar-refractivity contribution in [3.63, 3.8) is 0 Å². The highest BCUT2D eigenvalue weighted by molar-refractivity contribution is 5.87. The minimum absolute atomic E-state index is 0.0335. The van der Waals surface area contributed by atoms with Crippen LogP contribution in [0.1, 0.15) is 10.5 Å². The number of hydrogen-bond acceptors (Lipinski definition) is 4. The number of hydrogen-bond donors (Lipinski definition) is 0. The highest BCUT2D eigenvalue weighted by Gasteiger charge is 2.31. The fourth-order valence-electron chi connectivity index (χ4n) is 1.70. The van der Waals surface area contributed by atoms with Crippen LogP contribution in [0, 0.1) is 5.95 Å². The molecule has 1 aromatic heterocycles. The van der Waals surface area contributed by atoms with Gasteiger partial charge < -0.3 is 9.47 Å². The van der Waals surface area contributed by atoms with Crippen LogP contribution in [0.5, 0.6) is 5.75 Å². The molecule has 22 heavy (non-hydrogen) atoms. The van der Waals surface area contributed by atoms with Gasteiger partial charge in [-0.3, -0.25) is 0 Å². The molecular weight excluding hydrogens is 306 g/mol. The molecule has 0 aliphatic carbocycles. The molecule has 4 nitrogen and oxygen atoms in total. The standard InChI is InChI=1S/C14H9F4NO3/c1-21-13(20)11-7-6-10(12(15)19-11)8-2-4-9(5-3-8)22-14(16,17)18/h2-7H,1H3. The summed E-state index contributed by atoms with van der Waals surface area (Å²) < 4.78 is 58.1. The molecule has 0 radical (unpaired) electrons. The van der Waals surface area contributed by atoms with Gasteiger partial charge in [-0.05, 0) is 29.8 Å². The summed E-state index contributed by atoms with van der Waals surface area (Å²) in [5.41, 5.74) is 0.114. The van der Waals surface area contributed by atoms with Crippen molar-refractivity contribution in [1.29, 1.82) is 0 Å². The minimum Gasteiger partial charge on any atom is -0.464 e. The first-order valence-corrected chi connectivity index (χ1v) is 5.91. The second-order valence-corrected chi connectivity index (χ2v) is 4.10. The lowest BCUT2D eigenvalue weighted by Crippen LogP contribution is -2.16. The minimum atomic E-state index is -4.80. The monoisotopic (exact) mass is 315 g/mol. The predicted octanol–water partition coefficient (Wildman–Crippen LogP) is 3.57. The average Bonchev–Trinajstić information content (AvgIpc) is 2.46. The summed E-state index contributed by atoms with van der Waals surface area (Å²) in [6.45, 7) is 0. The first-order valence-electron chi connectivity index (χ1n) is 5.91. The van der Waals surface area contributed by atoms with Gasteiger partial charge in [-0.2, -0.15) is 4.39 Å². The van der Waals surface area contributed by atoms with Crippen LogP contribution in [0.2, 0.25) is 0 Å². The van der Waals surface area contributed by atoms with Crippen LogP contribution in [0.15, 0.2) is 36.4 Å². The van der Waals surface area contributed by atoms with Crippen molar-refractivity contribution < 1.29 is 31.8 Å². The predicted molar refractivity (Wildman–Crippen MR) is 67.7 cm³/mol. The van der Waals surface area contributed by atoms with Gasteiger partial charge >= 0.3 is 12.3 Å². The van der Waals surface area contributed by atoms with E-state index in [2.05, 4.69) is 14.5 Å². The number of alkyl halides is 3. The van der Waals surface area contributed by atoms with Crippen LogP contribution < -0.4 is 4.74 Å². The molecular formula is C14H9F4NO3. The summed E-state index contributed by atoms with van der Waals surface area (Å²) >= 11 is 0. The van der Waals surface area contributed by atoms with Gasteiger partial charge in [0.1, 0.15) is 5.75 Å². The molecule has 0 bridgehead atoms. The van der Waals surface area contributed by atoms with Crippen molar-refractivity contribution in [2.75, 3.05) is 7.11 Å². The van der Waals surface area contributed by atoms with Crippen LogP contribution in [-0.2, 0) is 4.74 Å². The van der Waals surface area contributed by atoms with Crippen molar-refractivity contribution in [1.82, 2.24) is 4.98 Å². The van der Waals surface area contributed by atoms with Gasteiger partial charge in [0.15, 0.2) is 5.69 Å². The van der Waals surface area contributed by atoms with Gasteiger partial charge in [-0.1, -0.05) is 12.1 Å². The molecule has 0 aliphatic rings. The van der Waals surface area contributed by atoms with E-state index in [0.717, 1.165) is 19.2 Å². The second kappa shape index (κ2) is 6.00. The molecule has 116 valence electrons. The third kappa shape index (κ3) is 3.72. The molecule has 0 fully saturated rings. The first kappa shape index (κ1) is 15.7. The Morgan fingerprint density at radius 3 is 2.23 bits per heavy atom. The molecule has 0 spiro atoms. The van der Waals surface area contributed by atoms with Crippen molar-refractivity contribution in [3.05, 3.63) is 48.0 Å².